The molecule has 3 nitrogen and oxygen atoms in total. The van der Waals surface area contributed by atoms with E-state index in [1.165, 1.54) is 23.8 Å². The SMILES string of the molecule is COC(=O)CC(N)Cc1cc(C)ccc1C. The summed E-state index contributed by atoms with van der Waals surface area (Å²) in [6.07, 6.45) is 0.979. The molecule has 88 valence electrons. The molecule has 0 saturated carbocycles. The van der Waals surface area contributed by atoms with Crippen LogP contribution in [0, 0.1) is 13.8 Å². The zero-order chi connectivity index (χ0) is 12.1. The molecule has 0 aliphatic rings. The number of rotatable bonds is 4. The Kier molecular flexibility index (Phi) is 4.50. The van der Waals surface area contributed by atoms with Crippen molar-refractivity contribution in [3.63, 3.8) is 0 Å². The Morgan fingerprint density at radius 1 is 1.44 bits per heavy atom. The number of esters is 1. The number of benzene rings is 1. The number of aryl methyl sites for hydroxylation is 2. The zero-order valence-corrected chi connectivity index (χ0v) is 10.1. The first-order chi connectivity index (χ1) is 7.52. The van der Waals surface area contributed by atoms with Gasteiger partial charge in [-0.25, -0.2) is 0 Å². The number of hydrogen-bond acceptors (Lipinski definition) is 3. The van der Waals surface area contributed by atoms with Crippen LogP contribution < -0.4 is 5.73 Å². The molecule has 1 aromatic rings. The normalized spacial score (nSPS) is 12.2. The van der Waals surface area contributed by atoms with Crippen LogP contribution in [0.3, 0.4) is 0 Å². The van der Waals surface area contributed by atoms with Gasteiger partial charge in [-0.05, 0) is 31.4 Å². The highest BCUT2D eigenvalue weighted by Gasteiger charge is 2.11. The minimum Gasteiger partial charge on any atom is -0.469 e. The predicted octanol–water partition coefficient (Wildman–Crippen LogP) is 1.74. The van der Waals surface area contributed by atoms with Crippen LogP contribution >= 0.6 is 0 Å². The standard InChI is InChI=1S/C13H19NO2/c1-9-4-5-10(2)11(6-9)7-12(14)8-13(15)16-3/h4-6,12H,7-8,14H2,1-3H3. The average molecular weight is 221 g/mol. The van der Waals surface area contributed by atoms with Crippen LogP contribution in [0.15, 0.2) is 18.2 Å². The summed E-state index contributed by atoms with van der Waals surface area (Å²) in [5.74, 6) is -0.252. The number of carbonyl (C=O) groups is 1. The summed E-state index contributed by atoms with van der Waals surface area (Å²) in [6.45, 7) is 4.11. The van der Waals surface area contributed by atoms with Gasteiger partial charge in [0.05, 0.1) is 13.5 Å². The molecule has 0 aromatic heterocycles. The molecule has 1 aromatic carbocycles. The van der Waals surface area contributed by atoms with Crippen molar-refractivity contribution < 1.29 is 9.53 Å². The molecular weight excluding hydrogens is 202 g/mol. The van der Waals surface area contributed by atoms with Crippen molar-refractivity contribution in [3.8, 4) is 0 Å². The third-order valence-corrected chi connectivity index (χ3v) is 2.64. The second-order valence-electron chi connectivity index (χ2n) is 4.17. The number of nitrogens with two attached hydrogens (primary N) is 1. The summed E-state index contributed by atoms with van der Waals surface area (Å²) in [7, 11) is 1.38. The minimum atomic E-state index is -0.252. The molecule has 0 spiro atoms. The lowest BCUT2D eigenvalue weighted by Crippen LogP contribution is -2.27. The Balaban J connectivity index is 2.65. The monoisotopic (exact) mass is 221 g/mol. The van der Waals surface area contributed by atoms with E-state index >= 15 is 0 Å². The summed E-state index contributed by atoms with van der Waals surface area (Å²) in [6, 6.07) is 6.10. The van der Waals surface area contributed by atoms with E-state index in [1.54, 1.807) is 0 Å². The zero-order valence-electron chi connectivity index (χ0n) is 10.1. The molecule has 1 unspecified atom stereocenters. The molecule has 1 rings (SSSR count). The van der Waals surface area contributed by atoms with Crippen molar-refractivity contribution in [2.24, 2.45) is 5.73 Å². The molecule has 0 aliphatic heterocycles. The molecule has 3 heteroatoms. The molecule has 0 saturated heterocycles. The van der Waals surface area contributed by atoms with E-state index in [9.17, 15) is 4.79 Å². The van der Waals surface area contributed by atoms with Crippen LogP contribution in [0.2, 0.25) is 0 Å². The van der Waals surface area contributed by atoms with Gasteiger partial charge in [0.15, 0.2) is 0 Å². The van der Waals surface area contributed by atoms with E-state index in [0.29, 0.717) is 6.42 Å². The molecule has 0 heterocycles. The number of ether oxygens (including phenoxy) is 1. The Bertz CT molecular complexity index is 374. The van der Waals surface area contributed by atoms with Crippen molar-refractivity contribution in [2.45, 2.75) is 32.7 Å². The summed E-state index contributed by atoms with van der Waals surface area (Å²) < 4.78 is 4.59. The molecule has 0 aliphatic carbocycles. The van der Waals surface area contributed by atoms with Crippen LogP contribution in [-0.4, -0.2) is 19.1 Å². The van der Waals surface area contributed by atoms with Gasteiger partial charge < -0.3 is 10.5 Å². The molecule has 1 atom stereocenters. The lowest BCUT2D eigenvalue weighted by molar-refractivity contribution is -0.140. The van der Waals surface area contributed by atoms with E-state index in [-0.39, 0.29) is 18.4 Å². The van der Waals surface area contributed by atoms with Crippen LogP contribution in [-0.2, 0) is 16.0 Å². The average Bonchev–Trinajstić information content (AvgIpc) is 2.23. The Labute approximate surface area is 96.6 Å². The van der Waals surface area contributed by atoms with Crippen LogP contribution in [0.5, 0.6) is 0 Å². The Morgan fingerprint density at radius 2 is 2.12 bits per heavy atom. The fourth-order valence-electron chi connectivity index (χ4n) is 1.67. The molecule has 0 fully saturated rings. The van der Waals surface area contributed by atoms with Crippen molar-refractivity contribution in [1.29, 1.82) is 0 Å². The highest BCUT2D eigenvalue weighted by Crippen LogP contribution is 2.13. The summed E-state index contributed by atoms with van der Waals surface area (Å²) in [5, 5.41) is 0. The second-order valence-corrected chi connectivity index (χ2v) is 4.17. The first-order valence-electron chi connectivity index (χ1n) is 5.41. The maximum absolute atomic E-state index is 11.1. The van der Waals surface area contributed by atoms with Gasteiger partial charge >= 0.3 is 5.97 Å². The lowest BCUT2D eigenvalue weighted by Gasteiger charge is -2.12. The highest BCUT2D eigenvalue weighted by atomic mass is 16.5. The van der Waals surface area contributed by atoms with E-state index < -0.39 is 0 Å². The number of carbonyl (C=O) groups excluding carboxylic acids is 1. The quantitative estimate of drug-likeness (QED) is 0.788. The fraction of sp³-hybridized carbons (Fsp3) is 0.462. The van der Waals surface area contributed by atoms with Crippen molar-refractivity contribution in [1.82, 2.24) is 0 Å². The third-order valence-electron chi connectivity index (χ3n) is 2.64. The molecule has 0 radical (unpaired) electrons. The highest BCUT2D eigenvalue weighted by molar-refractivity contribution is 5.69. The van der Waals surface area contributed by atoms with Gasteiger partial charge in [-0.15, -0.1) is 0 Å². The molecule has 0 amide bonds. The molecule has 0 bridgehead atoms. The third kappa shape index (κ3) is 3.66. The first-order valence-corrected chi connectivity index (χ1v) is 5.41. The number of hydrogen-bond donors (Lipinski definition) is 1. The summed E-state index contributed by atoms with van der Waals surface area (Å²) in [4.78, 5) is 11.1. The van der Waals surface area contributed by atoms with Crippen LogP contribution in [0.25, 0.3) is 0 Å². The first kappa shape index (κ1) is 12.7. The largest absolute Gasteiger partial charge is 0.469 e. The van der Waals surface area contributed by atoms with Gasteiger partial charge in [0.25, 0.3) is 0 Å². The van der Waals surface area contributed by atoms with E-state index in [1.807, 2.05) is 0 Å². The number of methoxy groups -OCH3 is 1. The van der Waals surface area contributed by atoms with Crippen molar-refractivity contribution in [2.75, 3.05) is 7.11 Å². The summed E-state index contributed by atoms with van der Waals surface area (Å²) in [5.41, 5.74) is 9.53. The molecular formula is C13H19NO2. The van der Waals surface area contributed by atoms with Crippen LogP contribution in [0.1, 0.15) is 23.1 Å². The summed E-state index contributed by atoms with van der Waals surface area (Å²) >= 11 is 0. The maximum Gasteiger partial charge on any atom is 0.307 e. The topological polar surface area (TPSA) is 52.3 Å². The second kappa shape index (κ2) is 5.66. The van der Waals surface area contributed by atoms with Crippen molar-refractivity contribution >= 4 is 5.97 Å². The Hall–Kier alpha value is -1.35. The smallest absolute Gasteiger partial charge is 0.307 e. The van der Waals surface area contributed by atoms with Gasteiger partial charge in [-0.3, -0.25) is 4.79 Å². The minimum absolute atomic E-state index is 0.173. The van der Waals surface area contributed by atoms with E-state index in [2.05, 4.69) is 36.8 Å². The van der Waals surface area contributed by atoms with Crippen LogP contribution in [0.4, 0.5) is 0 Å². The van der Waals surface area contributed by atoms with Gasteiger partial charge in [0.2, 0.25) is 0 Å². The van der Waals surface area contributed by atoms with E-state index in [0.717, 1.165) is 0 Å². The predicted molar refractivity (Wildman–Crippen MR) is 64.2 cm³/mol. The van der Waals surface area contributed by atoms with Gasteiger partial charge in [-0.2, -0.15) is 0 Å². The fourth-order valence-corrected chi connectivity index (χ4v) is 1.67. The Morgan fingerprint density at radius 3 is 2.75 bits per heavy atom. The van der Waals surface area contributed by atoms with E-state index in [4.69, 9.17) is 5.73 Å². The molecule has 2 N–H and O–H groups in total. The maximum atomic E-state index is 11.1. The van der Waals surface area contributed by atoms with Gasteiger partial charge in [0.1, 0.15) is 0 Å². The lowest BCUT2D eigenvalue weighted by atomic mass is 9.98. The van der Waals surface area contributed by atoms with Crippen molar-refractivity contribution in [3.05, 3.63) is 34.9 Å². The van der Waals surface area contributed by atoms with Gasteiger partial charge in [-0.1, -0.05) is 23.8 Å². The molecule has 16 heavy (non-hydrogen) atoms. The van der Waals surface area contributed by atoms with Gasteiger partial charge in [0, 0.05) is 6.04 Å².